The molecule has 4 heteroatoms. The molecule has 0 fully saturated rings. The van der Waals surface area contributed by atoms with Gasteiger partial charge in [0, 0.05) is 22.7 Å². The molecule has 126 valence electrons. The van der Waals surface area contributed by atoms with E-state index in [1.807, 2.05) is 18.2 Å². The average molecular weight is 353 g/mol. The standard InChI is InChI=1S/C21H19ClNO2/c22-20-11-18(21-19(12-20)14-24-15-25-21)13-23-8-6-17(7-9-23)10-16-4-2-1-3-5-16/h1-9,11-12H,10,13-15H2/q+1. The van der Waals surface area contributed by atoms with Gasteiger partial charge in [-0.2, -0.15) is 0 Å². The summed E-state index contributed by atoms with van der Waals surface area (Å²) in [5, 5.41) is 0.712. The molecule has 1 aromatic heterocycles. The minimum atomic E-state index is 0.294. The number of pyridine rings is 1. The smallest absolute Gasteiger partial charge is 0.189 e. The minimum absolute atomic E-state index is 0.294. The molecule has 3 aromatic rings. The van der Waals surface area contributed by atoms with Crippen LogP contribution in [-0.4, -0.2) is 6.79 Å². The van der Waals surface area contributed by atoms with Crippen LogP contribution in [0.1, 0.15) is 22.3 Å². The highest BCUT2D eigenvalue weighted by atomic mass is 35.5. The number of hydrogen-bond acceptors (Lipinski definition) is 2. The Kier molecular flexibility index (Phi) is 4.68. The summed E-state index contributed by atoms with van der Waals surface area (Å²) in [7, 11) is 0. The van der Waals surface area contributed by atoms with Crippen LogP contribution in [0.15, 0.2) is 67.0 Å². The Morgan fingerprint density at radius 1 is 0.960 bits per heavy atom. The van der Waals surface area contributed by atoms with Gasteiger partial charge in [-0.25, -0.2) is 4.57 Å². The molecule has 0 saturated heterocycles. The normalized spacial score (nSPS) is 13.2. The van der Waals surface area contributed by atoms with Crippen molar-refractivity contribution in [1.82, 2.24) is 0 Å². The van der Waals surface area contributed by atoms with Gasteiger partial charge >= 0.3 is 0 Å². The van der Waals surface area contributed by atoms with Crippen molar-refractivity contribution in [2.45, 2.75) is 19.6 Å². The molecule has 0 unspecified atom stereocenters. The summed E-state index contributed by atoms with van der Waals surface area (Å²) >= 11 is 6.24. The summed E-state index contributed by atoms with van der Waals surface area (Å²) in [6.07, 6.45) is 5.14. The molecule has 25 heavy (non-hydrogen) atoms. The zero-order chi connectivity index (χ0) is 17.1. The van der Waals surface area contributed by atoms with Gasteiger partial charge in [0.2, 0.25) is 0 Å². The van der Waals surface area contributed by atoms with Crippen molar-refractivity contribution >= 4 is 11.6 Å². The SMILES string of the molecule is Clc1cc2c(c(C[n+]3ccc(Cc4ccccc4)cc3)c1)OCOC2. The summed E-state index contributed by atoms with van der Waals surface area (Å²) < 4.78 is 13.2. The zero-order valence-corrected chi connectivity index (χ0v) is 14.6. The quantitative estimate of drug-likeness (QED) is 0.659. The Labute approximate surface area is 152 Å². The first kappa shape index (κ1) is 16.1. The Balaban J connectivity index is 1.53. The van der Waals surface area contributed by atoms with Gasteiger partial charge in [0.1, 0.15) is 5.75 Å². The molecule has 3 nitrogen and oxygen atoms in total. The lowest BCUT2D eigenvalue weighted by atomic mass is 10.1. The van der Waals surface area contributed by atoms with E-state index < -0.39 is 0 Å². The van der Waals surface area contributed by atoms with Gasteiger partial charge in [-0.3, -0.25) is 0 Å². The first-order valence-electron chi connectivity index (χ1n) is 8.32. The van der Waals surface area contributed by atoms with Gasteiger partial charge in [-0.15, -0.1) is 0 Å². The van der Waals surface area contributed by atoms with Gasteiger partial charge in [0.05, 0.1) is 12.2 Å². The van der Waals surface area contributed by atoms with Gasteiger partial charge in [-0.05, 0) is 29.7 Å². The second-order valence-corrected chi connectivity index (χ2v) is 6.64. The highest BCUT2D eigenvalue weighted by molar-refractivity contribution is 6.30. The van der Waals surface area contributed by atoms with Crippen molar-refractivity contribution in [2.24, 2.45) is 0 Å². The molecule has 1 aliphatic rings. The lowest BCUT2D eigenvalue weighted by Gasteiger charge is -2.20. The van der Waals surface area contributed by atoms with Crippen molar-refractivity contribution in [2.75, 3.05) is 6.79 Å². The molecule has 2 aromatic carbocycles. The fourth-order valence-corrected chi connectivity index (χ4v) is 3.38. The summed E-state index contributed by atoms with van der Waals surface area (Å²) in [6.45, 7) is 1.56. The second kappa shape index (κ2) is 7.26. The van der Waals surface area contributed by atoms with Gasteiger partial charge in [-0.1, -0.05) is 41.9 Å². The molecule has 0 saturated carbocycles. The van der Waals surface area contributed by atoms with Gasteiger partial charge in [0.25, 0.3) is 0 Å². The topological polar surface area (TPSA) is 22.3 Å². The molecule has 0 spiro atoms. The first-order chi connectivity index (χ1) is 12.3. The lowest BCUT2D eigenvalue weighted by Crippen LogP contribution is -2.34. The van der Waals surface area contributed by atoms with Crippen LogP contribution in [-0.2, 0) is 24.3 Å². The monoisotopic (exact) mass is 352 g/mol. The summed E-state index contributed by atoms with van der Waals surface area (Å²) in [4.78, 5) is 0. The number of rotatable bonds is 4. The molecule has 0 radical (unpaired) electrons. The second-order valence-electron chi connectivity index (χ2n) is 6.20. The van der Waals surface area contributed by atoms with Crippen LogP contribution in [0, 0.1) is 0 Å². The van der Waals surface area contributed by atoms with E-state index in [9.17, 15) is 0 Å². The maximum Gasteiger partial charge on any atom is 0.189 e. The number of hydrogen-bond donors (Lipinski definition) is 0. The average Bonchev–Trinajstić information content (AvgIpc) is 2.64. The number of ether oxygens (including phenoxy) is 2. The maximum atomic E-state index is 6.24. The number of nitrogens with zero attached hydrogens (tertiary/aromatic N) is 1. The fourth-order valence-electron chi connectivity index (χ4n) is 3.11. The van der Waals surface area contributed by atoms with Crippen molar-refractivity contribution in [3.63, 3.8) is 0 Å². The maximum absolute atomic E-state index is 6.24. The molecular formula is C21H19ClNO2+. The molecular weight excluding hydrogens is 334 g/mol. The Bertz CT molecular complexity index is 863. The van der Waals surface area contributed by atoms with E-state index in [1.54, 1.807) is 0 Å². The zero-order valence-electron chi connectivity index (χ0n) is 13.8. The highest BCUT2D eigenvalue weighted by Gasteiger charge is 2.18. The van der Waals surface area contributed by atoms with Crippen LogP contribution in [0.5, 0.6) is 5.75 Å². The highest BCUT2D eigenvalue weighted by Crippen LogP contribution is 2.31. The van der Waals surface area contributed by atoms with E-state index >= 15 is 0 Å². The van der Waals surface area contributed by atoms with E-state index in [0.717, 1.165) is 23.3 Å². The van der Waals surface area contributed by atoms with Crippen molar-refractivity contribution in [1.29, 1.82) is 0 Å². The molecule has 0 amide bonds. The fraction of sp³-hybridized carbons (Fsp3) is 0.190. The van der Waals surface area contributed by atoms with E-state index in [2.05, 4.69) is 53.4 Å². The third-order valence-electron chi connectivity index (χ3n) is 4.32. The molecule has 2 heterocycles. The van der Waals surface area contributed by atoms with Crippen molar-refractivity contribution in [3.8, 4) is 5.75 Å². The third-order valence-corrected chi connectivity index (χ3v) is 4.53. The molecule has 1 aliphatic heterocycles. The van der Waals surface area contributed by atoms with Crippen LogP contribution < -0.4 is 9.30 Å². The van der Waals surface area contributed by atoms with E-state index in [-0.39, 0.29) is 0 Å². The van der Waals surface area contributed by atoms with Crippen LogP contribution in [0.25, 0.3) is 0 Å². The summed E-state index contributed by atoms with van der Waals surface area (Å²) in [5.74, 6) is 0.900. The minimum Gasteiger partial charge on any atom is -0.467 e. The van der Waals surface area contributed by atoms with Crippen molar-refractivity contribution in [3.05, 3.63) is 94.3 Å². The predicted molar refractivity (Wildman–Crippen MR) is 96.7 cm³/mol. The third kappa shape index (κ3) is 3.84. The van der Waals surface area contributed by atoms with Crippen LogP contribution in [0.4, 0.5) is 0 Å². The number of benzene rings is 2. The predicted octanol–water partition coefficient (Wildman–Crippen LogP) is 4.13. The molecule has 0 N–H and O–H groups in total. The van der Waals surface area contributed by atoms with Gasteiger partial charge in [0.15, 0.2) is 25.7 Å². The van der Waals surface area contributed by atoms with E-state index in [1.165, 1.54) is 11.1 Å². The van der Waals surface area contributed by atoms with Crippen LogP contribution >= 0.6 is 11.6 Å². The largest absolute Gasteiger partial charge is 0.467 e. The van der Waals surface area contributed by atoms with Crippen molar-refractivity contribution < 1.29 is 14.0 Å². The number of aromatic nitrogens is 1. The summed E-state index contributed by atoms with van der Waals surface area (Å²) in [6, 6.07) is 18.7. The number of fused-ring (bicyclic) bond motifs is 1. The molecule has 0 aliphatic carbocycles. The number of halogens is 1. The van der Waals surface area contributed by atoms with Gasteiger partial charge < -0.3 is 9.47 Å². The molecule has 0 atom stereocenters. The van der Waals surface area contributed by atoms with Crippen LogP contribution in [0.3, 0.4) is 0 Å². The lowest BCUT2D eigenvalue weighted by molar-refractivity contribution is -0.688. The Morgan fingerprint density at radius 2 is 1.72 bits per heavy atom. The van der Waals surface area contributed by atoms with E-state index in [0.29, 0.717) is 25.0 Å². The Morgan fingerprint density at radius 3 is 2.52 bits per heavy atom. The van der Waals surface area contributed by atoms with E-state index in [4.69, 9.17) is 21.1 Å². The molecule has 4 rings (SSSR count). The molecule has 0 bridgehead atoms. The summed E-state index contributed by atoms with van der Waals surface area (Å²) in [5.41, 5.74) is 4.69. The first-order valence-corrected chi connectivity index (χ1v) is 8.69. The Hall–Kier alpha value is -2.36. The van der Waals surface area contributed by atoms with Crippen LogP contribution in [0.2, 0.25) is 5.02 Å².